The smallest absolute Gasteiger partial charge is 0.194 e. The van der Waals surface area contributed by atoms with Crippen molar-refractivity contribution in [3.05, 3.63) is 42.0 Å². The summed E-state index contributed by atoms with van der Waals surface area (Å²) in [6.07, 6.45) is 0.684. The fraction of sp³-hybridized carbons (Fsp3) is 0.458. The Morgan fingerprint density at radius 2 is 1.66 bits per heavy atom. The summed E-state index contributed by atoms with van der Waals surface area (Å²) in [5, 5.41) is 13.6. The quantitative estimate of drug-likeness (QED) is 0.481. The Balaban J connectivity index is 1.67. The van der Waals surface area contributed by atoms with Gasteiger partial charge < -0.3 is 34.4 Å². The van der Waals surface area contributed by atoms with E-state index in [2.05, 4.69) is 22.0 Å². The lowest BCUT2D eigenvalue weighted by atomic mass is 10.1. The van der Waals surface area contributed by atoms with Gasteiger partial charge in [0, 0.05) is 57.0 Å². The monoisotopic (exact) mass is 442 g/mol. The van der Waals surface area contributed by atoms with Crippen LogP contribution in [0, 0.1) is 0 Å². The Hall–Kier alpha value is -3.29. The van der Waals surface area contributed by atoms with Gasteiger partial charge >= 0.3 is 0 Å². The molecule has 32 heavy (non-hydrogen) atoms. The van der Waals surface area contributed by atoms with Crippen LogP contribution in [0.25, 0.3) is 0 Å². The van der Waals surface area contributed by atoms with Crippen LogP contribution in [-0.2, 0) is 6.42 Å². The minimum atomic E-state index is 0.323. The van der Waals surface area contributed by atoms with Gasteiger partial charge in [0.15, 0.2) is 5.96 Å². The first kappa shape index (κ1) is 23.4. The molecule has 0 bridgehead atoms. The molecule has 0 atom stereocenters. The number of benzene rings is 2. The van der Waals surface area contributed by atoms with Crippen LogP contribution in [0.1, 0.15) is 12.5 Å². The van der Waals surface area contributed by atoms with Gasteiger partial charge in [-0.25, -0.2) is 0 Å². The number of anilines is 1. The van der Waals surface area contributed by atoms with Crippen molar-refractivity contribution in [1.82, 2.24) is 10.2 Å². The summed E-state index contributed by atoms with van der Waals surface area (Å²) in [7, 11) is 4.92. The second-order valence-corrected chi connectivity index (χ2v) is 7.46. The summed E-state index contributed by atoms with van der Waals surface area (Å²) >= 11 is 0. The normalized spacial score (nSPS) is 14.3. The number of hydrogen-bond donors (Lipinski definition) is 2. The van der Waals surface area contributed by atoms with Crippen LogP contribution >= 0.6 is 0 Å². The van der Waals surface area contributed by atoms with E-state index in [-0.39, 0.29) is 0 Å². The minimum absolute atomic E-state index is 0.323. The van der Waals surface area contributed by atoms with E-state index in [9.17, 15) is 5.11 Å². The highest BCUT2D eigenvalue weighted by atomic mass is 16.5. The topological polar surface area (TPSA) is 78.8 Å². The Kier molecular flexibility index (Phi) is 8.30. The van der Waals surface area contributed by atoms with Crippen molar-refractivity contribution in [2.45, 2.75) is 13.3 Å². The molecule has 0 amide bonds. The predicted octanol–water partition coefficient (Wildman–Crippen LogP) is 2.75. The standard InChI is InChI=1S/C24H34N4O4/c1-5-25-24(28-14-12-27(13-15-28)20-8-6-7-9-21(20)29)26-11-10-19-22(31-3)16-18(30-2)17-23(19)32-4/h6-9,16-17,29H,5,10-15H2,1-4H3,(H,25,26). The average molecular weight is 443 g/mol. The summed E-state index contributed by atoms with van der Waals surface area (Å²) < 4.78 is 16.4. The van der Waals surface area contributed by atoms with Crippen LogP contribution in [0.4, 0.5) is 5.69 Å². The molecule has 2 N–H and O–H groups in total. The van der Waals surface area contributed by atoms with Crippen LogP contribution < -0.4 is 24.4 Å². The first-order valence-electron chi connectivity index (χ1n) is 11.0. The number of nitrogens with one attached hydrogen (secondary N) is 1. The molecule has 0 spiro atoms. The van der Waals surface area contributed by atoms with Gasteiger partial charge in [0.2, 0.25) is 0 Å². The molecule has 1 aliphatic rings. The summed E-state index contributed by atoms with van der Waals surface area (Å²) in [4.78, 5) is 9.34. The second kappa shape index (κ2) is 11.4. The number of rotatable bonds is 8. The van der Waals surface area contributed by atoms with E-state index in [0.29, 0.717) is 24.5 Å². The number of piperazine rings is 1. The maximum Gasteiger partial charge on any atom is 0.194 e. The molecule has 1 saturated heterocycles. The van der Waals surface area contributed by atoms with Crippen LogP contribution in [0.2, 0.25) is 0 Å². The van der Waals surface area contributed by atoms with Crippen molar-refractivity contribution >= 4 is 11.6 Å². The summed E-state index contributed by atoms with van der Waals surface area (Å²) in [6, 6.07) is 11.2. The zero-order valence-corrected chi connectivity index (χ0v) is 19.4. The summed E-state index contributed by atoms with van der Waals surface area (Å²) in [6.45, 7) is 6.77. The zero-order chi connectivity index (χ0) is 22.9. The Morgan fingerprint density at radius 1 is 1.00 bits per heavy atom. The highest BCUT2D eigenvalue weighted by molar-refractivity contribution is 5.80. The van der Waals surface area contributed by atoms with Gasteiger partial charge in [0.1, 0.15) is 23.0 Å². The lowest BCUT2D eigenvalue weighted by Gasteiger charge is -2.37. The molecule has 0 aromatic heterocycles. The highest BCUT2D eigenvalue weighted by Crippen LogP contribution is 2.34. The van der Waals surface area contributed by atoms with Gasteiger partial charge in [0.05, 0.1) is 27.0 Å². The Bertz CT molecular complexity index is 886. The molecule has 0 unspecified atom stereocenters. The van der Waals surface area contributed by atoms with E-state index in [1.807, 2.05) is 30.3 Å². The number of para-hydroxylation sites is 2. The third-order valence-electron chi connectivity index (χ3n) is 5.58. The predicted molar refractivity (Wildman–Crippen MR) is 128 cm³/mol. The average Bonchev–Trinajstić information content (AvgIpc) is 2.83. The molecule has 2 aromatic carbocycles. The molecular weight excluding hydrogens is 408 g/mol. The van der Waals surface area contributed by atoms with E-state index in [0.717, 1.165) is 61.4 Å². The number of nitrogens with zero attached hydrogens (tertiary/aromatic N) is 3. The molecule has 0 radical (unpaired) electrons. The molecule has 2 aromatic rings. The van der Waals surface area contributed by atoms with E-state index < -0.39 is 0 Å². The zero-order valence-electron chi connectivity index (χ0n) is 19.4. The van der Waals surface area contributed by atoms with Crippen molar-refractivity contribution in [1.29, 1.82) is 0 Å². The van der Waals surface area contributed by atoms with Crippen LogP contribution in [0.5, 0.6) is 23.0 Å². The molecule has 8 nitrogen and oxygen atoms in total. The fourth-order valence-electron chi connectivity index (χ4n) is 3.91. The number of guanidine groups is 1. The van der Waals surface area contributed by atoms with E-state index in [1.54, 1.807) is 27.4 Å². The highest BCUT2D eigenvalue weighted by Gasteiger charge is 2.21. The van der Waals surface area contributed by atoms with Gasteiger partial charge in [0.25, 0.3) is 0 Å². The van der Waals surface area contributed by atoms with Crippen molar-refractivity contribution in [2.75, 3.05) is 65.5 Å². The Labute approximate surface area is 190 Å². The number of ether oxygens (including phenoxy) is 3. The van der Waals surface area contributed by atoms with Crippen molar-refractivity contribution in [2.24, 2.45) is 4.99 Å². The maximum atomic E-state index is 10.1. The largest absolute Gasteiger partial charge is 0.506 e. The molecule has 174 valence electrons. The molecule has 0 saturated carbocycles. The molecule has 8 heteroatoms. The molecular formula is C24H34N4O4. The van der Waals surface area contributed by atoms with Gasteiger partial charge in [-0.2, -0.15) is 0 Å². The molecule has 3 rings (SSSR count). The molecule has 0 aliphatic carbocycles. The Morgan fingerprint density at radius 3 is 2.22 bits per heavy atom. The van der Waals surface area contributed by atoms with Gasteiger partial charge in [-0.1, -0.05) is 12.1 Å². The second-order valence-electron chi connectivity index (χ2n) is 7.46. The number of phenols is 1. The van der Waals surface area contributed by atoms with Gasteiger partial charge in [-0.3, -0.25) is 4.99 Å². The lowest BCUT2D eigenvalue weighted by Crippen LogP contribution is -2.52. The summed E-state index contributed by atoms with van der Waals surface area (Å²) in [5.74, 6) is 3.39. The van der Waals surface area contributed by atoms with Crippen molar-refractivity contribution < 1.29 is 19.3 Å². The third-order valence-corrected chi connectivity index (χ3v) is 5.58. The maximum absolute atomic E-state index is 10.1. The number of phenolic OH excluding ortho intramolecular Hbond substituents is 1. The first-order chi connectivity index (χ1) is 15.6. The molecule has 1 fully saturated rings. The van der Waals surface area contributed by atoms with Crippen molar-refractivity contribution in [3.8, 4) is 23.0 Å². The number of methoxy groups -OCH3 is 3. The number of aliphatic imine (C=N–C) groups is 1. The van der Waals surface area contributed by atoms with E-state index in [4.69, 9.17) is 19.2 Å². The van der Waals surface area contributed by atoms with Gasteiger partial charge in [-0.05, 0) is 25.5 Å². The van der Waals surface area contributed by atoms with Crippen LogP contribution in [0.3, 0.4) is 0 Å². The fourth-order valence-corrected chi connectivity index (χ4v) is 3.91. The third kappa shape index (κ3) is 5.49. The van der Waals surface area contributed by atoms with Crippen LogP contribution in [-0.4, -0.2) is 76.6 Å². The van der Waals surface area contributed by atoms with Crippen LogP contribution in [0.15, 0.2) is 41.4 Å². The van der Waals surface area contributed by atoms with Gasteiger partial charge in [-0.15, -0.1) is 0 Å². The minimum Gasteiger partial charge on any atom is -0.506 e. The summed E-state index contributed by atoms with van der Waals surface area (Å²) in [5.41, 5.74) is 1.85. The van der Waals surface area contributed by atoms with E-state index in [1.165, 1.54) is 0 Å². The molecule has 1 heterocycles. The number of aromatic hydroxyl groups is 1. The lowest BCUT2D eigenvalue weighted by molar-refractivity contribution is 0.366. The SMILES string of the molecule is CCNC(=NCCc1c(OC)cc(OC)cc1OC)N1CCN(c2ccccc2O)CC1. The van der Waals surface area contributed by atoms with E-state index >= 15 is 0 Å². The van der Waals surface area contributed by atoms with Crippen molar-refractivity contribution in [3.63, 3.8) is 0 Å². The number of hydrogen-bond acceptors (Lipinski definition) is 6. The molecule has 1 aliphatic heterocycles. The first-order valence-corrected chi connectivity index (χ1v) is 11.0.